The van der Waals surface area contributed by atoms with Crippen molar-refractivity contribution in [3.8, 4) is 0 Å². The van der Waals surface area contributed by atoms with Crippen molar-refractivity contribution in [2.45, 2.75) is 19.8 Å². The third-order valence-corrected chi connectivity index (χ3v) is 1.18. The molecule has 1 rings (SSSR count). The van der Waals surface area contributed by atoms with Crippen molar-refractivity contribution in [1.29, 1.82) is 0 Å². The molecule has 1 N–H and O–H groups in total. The quantitative estimate of drug-likeness (QED) is 0.573. The van der Waals surface area contributed by atoms with Crippen LogP contribution >= 0.6 is 0 Å². The highest BCUT2D eigenvalue weighted by Gasteiger charge is 1.94. The Morgan fingerprint density at radius 1 is 1.33 bits per heavy atom. The average Bonchev–Trinajstić information content (AvgIpc) is 2.43. The van der Waals surface area contributed by atoms with Crippen LogP contribution in [0.2, 0.25) is 0 Å². The molecule has 0 atom stereocenters. The zero-order valence-corrected chi connectivity index (χ0v) is 6.44. The molecule has 2 heteroatoms. The molecule has 0 bridgehead atoms. The molecule has 0 spiro atoms. The van der Waals surface area contributed by atoms with Gasteiger partial charge in [0.25, 0.3) is 0 Å². The second-order valence-corrected chi connectivity index (χ2v) is 2.03. The third kappa shape index (κ3) is 7.92. The van der Waals surface area contributed by atoms with Gasteiger partial charge in [-0.25, -0.2) is 0 Å². The third-order valence-electron chi connectivity index (χ3n) is 1.18. The summed E-state index contributed by atoms with van der Waals surface area (Å²) < 4.78 is 4.94. The lowest BCUT2D eigenvalue weighted by atomic mass is 10.4. The molecular formula is C7H17NO. The molecule has 0 amide bonds. The van der Waals surface area contributed by atoms with Gasteiger partial charge in [-0.15, -0.1) is 0 Å². The minimum Gasteiger partial charge on any atom is -0.381 e. The van der Waals surface area contributed by atoms with E-state index in [1.807, 2.05) is 7.05 Å². The Hall–Kier alpha value is -0.0800. The molecule has 1 aliphatic heterocycles. The number of ether oxygens (including phenoxy) is 1. The molecule has 56 valence electrons. The highest BCUT2D eigenvalue weighted by atomic mass is 16.5. The Morgan fingerprint density at radius 2 is 1.78 bits per heavy atom. The fourth-order valence-electron chi connectivity index (χ4n) is 0.510. The van der Waals surface area contributed by atoms with Crippen LogP contribution in [0.3, 0.4) is 0 Å². The highest BCUT2D eigenvalue weighted by Crippen LogP contribution is 1.98. The smallest absolute Gasteiger partial charge is 0.0466 e. The first-order chi connectivity index (χ1) is 4.41. The Kier molecular flexibility index (Phi) is 7.85. The van der Waals surface area contributed by atoms with Crippen molar-refractivity contribution >= 4 is 0 Å². The van der Waals surface area contributed by atoms with E-state index in [1.54, 1.807) is 0 Å². The Labute approximate surface area is 57.6 Å². The molecule has 0 aromatic rings. The molecule has 0 aromatic heterocycles. The van der Waals surface area contributed by atoms with E-state index in [9.17, 15) is 0 Å². The second kappa shape index (κ2) is 7.92. The maximum Gasteiger partial charge on any atom is 0.0466 e. The average molecular weight is 131 g/mol. The molecule has 1 saturated heterocycles. The summed E-state index contributed by atoms with van der Waals surface area (Å²) in [6.45, 7) is 5.14. The van der Waals surface area contributed by atoms with E-state index in [4.69, 9.17) is 4.74 Å². The number of nitrogens with one attached hydrogen (secondary N) is 1. The number of rotatable bonds is 1. The molecule has 0 unspecified atom stereocenters. The van der Waals surface area contributed by atoms with E-state index < -0.39 is 0 Å². The zero-order valence-electron chi connectivity index (χ0n) is 6.44. The van der Waals surface area contributed by atoms with Gasteiger partial charge in [-0.05, 0) is 26.4 Å². The van der Waals surface area contributed by atoms with Crippen molar-refractivity contribution < 1.29 is 4.74 Å². The minimum atomic E-state index is 1.00. The first-order valence-corrected chi connectivity index (χ1v) is 3.64. The number of hydrogen-bond donors (Lipinski definition) is 1. The van der Waals surface area contributed by atoms with Gasteiger partial charge in [0.2, 0.25) is 0 Å². The molecule has 0 aromatic carbocycles. The van der Waals surface area contributed by atoms with E-state index in [2.05, 4.69) is 12.2 Å². The highest BCUT2D eigenvalue weighted by molar-refractivity contribution is 4.43. The van der Waals surface area contributed by atoms with Gasteiger partial charge in [0.1, 0.15) is 0 Å². The summed E-state index contributed by atoms with van der Waals surface area (Å²) >= 11 is 0. The van der Waals surface area contributed by atoms with E-state index in [1.165, 1.54) is 12.8 Å². The number of hydrogen-bond acceptors (Lipinski definition) is 2. The first-order valence-electron chi connectivity index (χ1n) is 3.64. The summed E-state index contributed by atoms with van der Waals surface area (Å²) in [5.74, 6) is 0. The van der Waals surface area contributed by atoms with Crippen LogP contribution in [0.5, 0.6) is 0 Å². The van der Waals surface area contributed by atoms with Crippen LogP contribution in [0.4, 0.5) is 0 Å². The lowest BCUT2D eigenvalue weighted by Crippen LogP contribution is -2.01. The Morgan fingerprint density at radius 3 is 1.89 bits per heavy atom. The van der Waals surface area contributed by atoms with Gasteiger partial charge in [0.05, 0.1) is 0 Å². The normalized spacial score (nSPS) is 16.7. The zero-order chi connectivity index (χ0) is 6.95. The SMILES string of the molecule is C1CCOC1.CCNC. The summed E-state index contributed by atoms with van der Waals surface area (Å²) in [4.78, 5) is 0. The van der Waals surface area contributed by atoms with Gasteiger partial charge in [-0.3, -0.25) is 0 Å². The lowest BCUT2D eigenvalue weighted by Gasteiger charge is -1.76. The van der Waals surface area contributed by atoms with Gasteiger partial charge in [-0.2, -0.15) is 0 Å². The van der Waals surface area contributed by atoms with Crippen LogP contribution < -0.4 is 5.32 Å². The Bertz CT molecular complexity index is 34.6. The fraction of sp³-hybridized carbons (Fsp3) is 1.00. The minimum absolute atomic E-state index is 1.00. The van der Waals surface area contributed by atoms with E-state index in [-0.39, 0.29) is 0 Å². The topological polar surface area (TPSA) is 21.3 Å². The van der Waals surface area contributed by atoms with Gasteiger partial charge in [-0.1, -0.05) is 6.92 Å². The van der Waals surface area contributed by atoms with Gasteiger partial charge in [0, 0.05) is 13.2 Å². The molecule has 1 heterocycles. The van der Waals surface area contributed by atoms with Crippen molar-refractivity contribution in [2.75, 3.05) is 26.8 Å². The van der Waals surface area contributed by atoms with Crippen molar-refractivity contribution in [3.63, 3.8) is 0 Å². The van der Waals surface area contributed by atoms with E-state index >= 15 is 0 Å². The fourth-order valence-corrected chi connectivity index (χ4v) is 0.510. The molecule has 9 heavy (non-hydrogen) atoms. The summed E-state index contributed by atoms with van der Waals surface area (Å²) in [5, 5.41) is 2.93. The molecule has 0 aliphatic carbocycles. The lowest BCUT2D eigenvalue weighted by molar-refractivity contribution is 0.198. The standard InChI is InChI=1S/C4H8O.C3H9N/c1-2-4-5-3-1;1-3-4-2/h1-4H2;4H,3H2,1-2H3. The molecule has 0 saturated carbocycles. The molecule has 0 radical (unpaired) electrons. The van der Waals surface area contributed by atoms with Gasteiger partial charge >= 0.3 is 0 Å². The molecule has 2 nitrogen and oxygen atoms in total. The van der Waals surface area contributed by atoms with E-state index in [0.717, 1.165) is 19.8 Å². The van der Waals surface area contributed by atoms with Crippen LogP contribution in [0.25, 0.3) is 0 Å². The summed E-state index contributed by atoms with van der Waals surface area (Å²) in [7, 11) is 1.93. The van der Waals surface area contributed by atoms with Crippen LogP contribution in [-0.2, 0) is 4.74 Å². The first kappa shape index (κ1) is 8.92. The summed E-state index contributed by atoms with van der Waals surface area (Å²) in [6.07, 6.45) is 2.56. The van der Waals surface area contributed by atoms with Crippen LogP contribution in [-0.4, -0.2) is 26.8 Å². The summed E-state index contributed by atoms with van der Waals surface area (Å²) in [5.41, 5.74) is 0. The van der Waals surface area contributed by atoms with Crippen LogP contribution in [0.15, 0.2) is 0 Å². The maximum absolute atomic E-state index is 4.94. The molecular weight excluding hydrogens is 114 g/mol. The van der Waals surface area contributed by atoms with Crippen LogP contribution in [0, 0.1) is 0 Å². The van der Waals surface area contributed by atoms with Crippen LogP contribution in [0.1, 0.15) is 19.8 Å². The predicted octanol–water partition coefficient (Wildman–Crippen LogP) is 1.02. The van der Waals surface area contributed by atoms with Gasteiger partial charge in [0.15, 0.2) is 0 Å². The molecule has 1 aliphatic rings. The Balaban J connectivity index is 0.000000148. The summed E-state index contributed by atoms with van der Waals surface area (Å²) in [6, 6.07) is 0. The largest absolute Gasteiger partial charge is 0.381 e. The second-order valence-electron chi connectivity index (χ2n) is 2.03. The molecule has 1 fully saturated rings. The monoisotopic (exact) mass is 131 g/mol. The van der Waals surface area contributed by atoms with Gasteiger partial charge < -0.3 is 10.1 Å². The predicted molar refractivity (Wildman–Crippen MR) is 39.7 cm³/mol. The van der Waals surface area contributed by atoms with Crippen molar-refractivity contribution in [3.05, 3.63) is 0 Å². The van der Waals surface area contributed by atoms with Crippen molar-refractivity contribution in [2.24, 2.45) is 0 Å². The van der Waals surface area contributed by atoms with Crippen molar-refractivity contribution in [1.82, 2.24) is 5.32 Å². The maximum atomic E-state index is 4.94. The van der Waals surface area contributed by atoms with E-state index in [0.29, 0.717) is 0 Å².